The molecule has 0 atom stereocenters. The van der Waals surface area contributed by atoms with E-state index in [0.29, 0.717) is 11.5 Å². The largest absolute Gasteiger partial charge is 0.497 e. The van der Waals surface area contributed by atoms with E-state index in [2.05, 4.69) is 10.3 Å². The smallest absolute Gasteiger partial charge is 0.120 e. The first-order chi connectivity index (χ1) is 8.70. The van der Waals surface area contributed by atoms with Crippen LogP contribution in [0.3, 0.4) is 0 Å². The number of ether oxygens (including phenoxy) is 1. The molecule has 2 rings (SSSR count). The Kier molecular flexibility index (Phi) is 4.11. The summed E-state index contributed by atoms with van der Waals surface area (Å²) in [6, 6.07) is 5.57. The van der Waals surface area contributed by atoms with Crippen LogP contribution in [0.4, 0.5) is 5.69 Å². The molecule has 4 nitrogen and oxygen atoms in total. The number of nitrogens with one attached hydrogen (secondary N) is 1. The van der Waals surface area contributed by atoms with Gasteiger partial charge in [0.25, 0.3) is 0 Å². The van der Waals surface area contributed by atoms with Crippen LogP contribution < -0.4 is 15.8 Å². The Hall–Kier alpha value is -1.66. The van der Waals surface area contributed by atoms with Crippen molar-refractivity contribution in [3.8, 4) is 5.75 Å². The highest BCUT2D eigenvalue weighted by Gasteiger charge is 2.07. The van der Waals surface area contributed by atoms with Gasteiger partial charge in [0.15, 0.2) is 0 Å². The number of aromatic nitrogens is 1. The lowest BCUT2D eigenvalue weighted by Crippen LogP contribution is -2.13. The van der Waals surface area contributed by atoms with Crippen molar-refractivity contribution in [1.82, 2.24) is 4.98 Å². The minimum atomic E-state index is 0.360. The average molecular weight is 279 g/mol. The molecule has 0 saturated carbocycles. The van der Waals surface area contributed by atoms with Crippen LogP contribution in [0.1, 0.15) is 10.6 Å². The molecule has 94 valence electrons. The van der Waals surface area contributed by atoms with Gasteiger partial charge in [0.05, 0.1) is 13.7 Å². The second-order valence-corrected chi connectivity index (χ2v) is 4.97. The third-order valence-electron chi connectivity index (χ3n) is 2.41. The van der Waals surface area contributed by atoms with E-state index < -0.39 is 0 Å². The second kappa shape index (κ2) is 5.79. The molecule has 0 unspecified atom stereocenters. The maximum atomic E-state index is 5.69. The van der Waals surface area contributed by atoms with Gasteiger partial charge in [0.1, 0.15) is 15.7 Å². The van der Waals surface area contributed by atoms with Crippen LogP contribution in [0.25, 0.3) is 0 Å². The standard InChI is InChI=1S/C12H13N3OS2/c1-16-8-2-3-9(12(13)17)10(6-8)15-7-11-14-4-5-18-11/h2-6,15H,7H2,1H3,(H2,13,17). The third kappa shape index (κ3) is 2.96. The van der Waals surface area contributed by atoms with E-state index in [9.17, 15) is 0 Å². The molecule has 0 amide bonds. The summed E-state index contributed by atoms with van der Waals surface area (Å²) in [4.78, 5) is 4.57. The number of thiocarbonyl (C=S) groups is 1. The van der Waals surface area contributed by atoms with Crippen molar-refractivity contribution >= 4 is 34.2 Å². The average Bonchev–Trinajstić information content (AvgIpc) is 2.88. The van der Waals surface area contributed by atoms with Crippen LogP contribution in [0, 0.1) is 0 Å². The van der Waals surface area contributed by atoms with Crippen LogP contribution in [0.5, 0.6) is 5.75 Å². The van der Waals surface area contributed by atoms with E-state index in [4.69, 9.17) is 22.7 Å². The zero-order valence-corrected chi connectivity index (χ0v) is 11.5. The maximum absolute atomic E-state index is 5.69. The Morgan fingerprint density at radius 3 is 3.00 bits per heavy atom. The van der Waals surface area contributed by atoms with Gasteiger partial charge in [-0.25, -0.2) is 4.98 Å². The van der Waals surface area contributed by atoms with Crippen LogP contribution in [0.15, 0.2) is 29.8 Å². The summed E-state index contributed by atoms with van der Waals surface area (Å²) in [7, 11) is 1.63. The Morgan fingerprint density at radius 1 is 1.56 bits per heavy atom. The molecular formula is C12H13N3OS2. The number of methoxy groups -OCH3 is 1. The predicted molar refractivity (Wildman–Crippen MR) is 78.3 cm³/mol. The summed E-state index contributed by atoms with van der Waals surface area (Å²) in [5, 5.41) is 6.22. The van der Waals surface area contributed by atoms with Gasteiger partial charge in [0, 0.05) is 28.9 Å². The number of thiazole rings is 1. The number of nitrogens with zero attached hydrogens (tertiary/aromatic N) is 1. The van der Waals surface area contributed by atoms with E-state index in [1.165, 1.54) is 0 Å². The number of hydrogen-bond donors (Lipinski definition) is 2. The summed E-state index contributed by atoms with van der Waals surface area (Å²) in [6.45, 7) is 0.639. The molecule has 6 heteroatoms. The lowest BCUT2D eigenvalue weighted by molar-refractivity contribution is 0.415. The second-order valence-electron chi connectivity index (χ2n) is 3.56. The molecule has 1 heterocycles. The quantitative estimate of drug-likeness (QED) is 0.823. The summed E-state index contributed by atoms with van der Waals surface area (Å²) in [5.41, 5.74) is 7.36. The molecule has 0 spiro atoms. The number of nitrogens with two attached hydrogens (primary N) is 1. The van der Waals surface area contributed by atoms with Crippen molar-refractivity contribution in [2.45, 2.75) is 6.54 Å². The molecular weight excluding hydrogens is 266 g/mol. The predicted octanol–water partition coefficient (Wildman–Crippen LogP) is 2.40. The van der Waals surface area contributed by atoms with Crippen molar-refractivity contribution in [1.29, 1.82) is 0 Å². The van der Waals surface area contributed by atoms with E-state index in [-0.39, 0.29) is 0 Å². The summed E-state index contributed by atoms with van der Waals surface area (Å²) in [6.07, 6.45) is 1.78. The fourth-order valence-corrected chi connectivity index (χ4v) is 2.26. The highest BCUT2D eigenvalue weighted by atomic mass is 32.1. The zero-order valence-electron chi connectivity index (χ0n) is 9.84. The molecule has 3 N–H and O–H groups in total. The Bertz CT molecular complexity index is 540. The molecule has 0 bridgehead atoms. The minimum Gasteiger partial charge on any atom is -0.497 e. The van der Waals surface area contributed by atoms with Gasteiger partial charge in [-0.05, 0) is 12.1 Å². The van der Waals surface area contributed by atoms with Crippen molar-refractivity contribution in [2.75, 3.05) is 12.4 Å². The molecule has 0 aliphatic heterocycles. The van der Waals surface area contributed by atoms with E-state index >= 15 is 0 Å². The van der Waals surface area contributed by atoms with E-state index in [1.54, 1.807) is 24.6 Å². The first-order valence-corrected chi connectivity index (χ1v) is 6.59. The number of rotatable bonds is 5. The van der Waals surface area contributed by atoms with Crippen LogP contribution in [-0.4, -0.2) is 17.1 Å². The minimum absolute atomic E-state index is 0.360. The monoisotopic (exact) mass is 279 g/mol. The Morgan fingerprint density at radius 2 is 2.39 bits per heavy atom. The molecule has 1 aromatic carbocycles. The molecule has 0 radical (unpaired) electrons. The van der Waals surface area contributed by atoms with E-state index in [0.717, 1.165) is 22.0 Å². The van der Waals surface area contributed by atoms with Gasteiger partial charge in [-0.15, -0.1) is 11.3 Å². The SMILES string of the molecule is COc1ccc(C(N)=S)c(NCc2nccs2)c1. The first-order valence-electron chi connectivity index (χ1n) is 5.31. The molecule has 0 aliphatic rings. The van der Waals surface area contributed by atoms with Crippen LogP contribution >= 0.6 is 23.6 Å². The van der Waals surface area contributed by atoms with Gasteiger partial charge >= 0.3 is 0 Å². The topological polar surface area (TPSA) is 60.2 Å². The third-order valence-corrected chi connectivity index (χ3v) is 3.41. The summed E-state index contributed by atoms with van der Waals surface area (Å²) < 4.78 is 5.19. The first kappa shape index (κ1) is 12.8. The van der Waals surface area contributed by atoms with Gasteiger partial charge in [0.2, 0.25) is 0 Å². The highest BCUT2D eigenvalue weighted by Crippen LogP contribution is 2.23. The van der Waals surface area contributed by atoms with Gasteiger partial charge < -0.3 is 15.8 Å². The van der Waals surface area contributed by atoms with Crippen molar-refractivity contribution in [3.05, 3.63) is 40.3 Å². The molecule has 0 fully saturated rings. The van der Waals surface area contributed by atoms with Crippen molar-refractivity contribution in [3.63, 3.8) is 0 Å². The lowest BCUT2D eigenvalue weighted by Gasteiger charge is -2.11. The highest BCUT2D eigenvalue weighted by molar-refractivity contribution is 7.80. The molecule has 0 aliphatic carbocycles. The molecule has 2 aromatic rings. The molecule has 18 heavy (non-hydrogen) atoms. The number of anilines is 1. The number of benzene rings is 1. The number of hydrogen-bond acceptors (Lipinski definition) is 5. The fraction of sp³-hybridized carbons (Fsp3) is 0.167. The van der Waals surface area contributed by atoms with Gasteiger partial charge in [-0.3, -0.25) is 0 Å². The Labute approximate surface area is 115 Å². The van der Waals surface area contributed by atoms with Crippen LogP contribution in [0.2, 0.25) is 0 Å². The fourth-order valence-electron chi connectivity index (χ4n) is 1.52. The van der Waals surface area contributed by atoms with Gasteiger partial charge in [-0.1, -0.05) is 12.2 Å². The van der Waals surface area contributed by atoms with E-state index in [1.807, 2.05) is 23.6 Å². The normalized spacial score (nSPS) is 10.1. The lowest BCUT2D eigenvalue weighted by atomic mass is 10.1. The van der Waals surface area contributed by atoms with Crippen molar-refractivity contribution < 1.29 is 4.74 Å². The summed E-state index contributed by atoms with van der Waals surface area (Å²) >= 11 is 6.62. The van der Waals surface area contributed by atoms with Crippen LogP contribution in [-0.2, 0) is 6.54 Å². The summed E-state index contributed by atoms with van der Waals surface area (Å²) in [5.74, 6) is 0.761. The van der Waals surface area contributed by atoms with Crippen molar-refractivity contribution in [2.24, 2.45) is 5.73 Å². The molecule has 1 aromatic heterocycles. The Balaban J connectivity index is 2.20. The maximum Gasteiger partial charge on any atom is 0.120 e. The molecule has 0 saturated heterocycles. The van der Waals surface area contributed by atoms with Gasteiger partial charge in [-0.2, -0.15) is 0 Å². The zero-order chi connectivity index (χ0) is 13.0.